The van der Waals surface area contributed by atoms with Crippen molar-refractivity contribution >= 4 is 22.2 Å². The van der Waals surface area contributed by atoms with Crippen molar-refractivity contribution < 1.29 is 0 Å². The topological polar surface area (TPSA) is 32.3 Å². The second-order valence-corrected chi connectivity index (χ2v) is 6.37. The minimum atomic E-state index is 0.465. The quantitative estimate of drug-likeness (QED) is 0.869. The van der Waals surface area contributed by atoms with Crippen molar-refractivity contribution in [2.75, 3.05) is 36.0 Å². The average molecular weight is 288 g/mol. The maximum atomic E-state index is 4.33. The zero-order valence-electron chi connectivity index (χ0n) is 12.0. The first-order valence-corrected chi connectivity index (χ1v) is 7.94. The number of piperazine rings is 1. The van der Waals surface area contributed by atoms with Crippen LogP contribution in [-0.4, -0.2) is 36.4 Å². The number of hydrogen-bond donors (Lipinski definition) is 0. The Labute approximate surface area is 124 Å². The molecule has 2 heterocycles. The Morgan fingerprint density at radius 1 is 0.950 bits per heavy atom. The predicted molar refractivity (Wildman–Crippen MR) is 84.9 cm³/mol. The van der Waals surface area contributed by atoms with Gasteiger partial charge in [-0.15, -0.1) is 10.2 Å². The van der Waals surface area contributed by atoms with Crippen molar-refractivity contribution in [1.82, 2.24) is 10.2 Å². The summed E-state index contributed by atoms with van der Waals surface area (Å²) in [5.74, 6) is 0.465. The highest BCUT2D eigenvalue weighted by Gasteiger charge is 2.20. The third-order valence-electron chi connectivity index (χ3n) is 3.60. The summed E-state index contributed by atoms with van der Waals surface area (Å²) in [7, 11) is 0. The van der Waals surface area contributed by atoms with E-state index >= 15 is 0 Å². The molecule has 0 bridgehead atoms. The van der Waals surface area contributed by atoms with Crippen LogP contribution in [0.3, 0.4) is 0 Å². The Balaban J connectivity index is 1.63. The number of aromatic nitrogens is 2. The van der Waals surface area contributed by atoms with Crippen LogP contribution >= 0.6 is 11.3 Å². The fourth-order valence-electron chi connectivity index (χ4n) is 2.38. The van der Waals surface area contributed by atoms with Gasteiger partial charge in [-0.05, 0) is 12.1 Å². The molecule has 1 saturated heterocycles. The average Bonchev–Trinajstić information content (AvgIpc) is 2.98. The summed E-state index contributed by atoms with van der Waals surface area (Å²) in [5.41, 5.74) is 1.31. The third kappa shape index (κ3) is 2.77. The Bertz CT molecular complexity index is 544. The molecule has 0 N–H and O–H groups in total. The minimum Gasteiger partial charge on any atom is -0.368 e. The third-order valence-corrected chi connectivity index (χ3v) is 4.88. The van der Waals surface area contributed by atoms with Crippen LogP contribution in [0, 0.1) is 0 Å². The minimum absolute atomic E-state index is 0.465. The summed E-state index contributed by atoms with van der Waals surface area (Å²) < 4.78 is 0. The monoisotopic (exact) mass is 288 g/mol. The van der Waals surface area contributed by atoms with Crippen molar-refractivity contribution in [2.45, 2.75) is 19.8 Å². The van der Waals surface area contributed by atoms with Gasteiger partial charge in [-0.25, -0.2) is 0 Å². The Kier molecular flexibility index (Phi) is 3.87. The van der Waals surface area contributed by atoms with E-state index in [4.69, 9.17) is 0 Å². The van der Waals surface area contributed by atoms with Crippen LogP contribution in [0.1, 0.15) is 24.8 Å². The maximum absolute atomic E-state index is 4.33. The lowest BCUT2D eigenvalue weighted by molar-refractivity contribution is 0.649. The Morgan fingerprint density at radius 2 is 1.60 bits per heavy atom. The van der Waals surface area contributed by atoms with Crippen molar-refractivity contribution in [3.8, 4) is 0 Å². The molecule has 20 heavy (non-hydrogen) atoms. The van der Waals surface area contributed by atoms with E-state index in [2.05, 4.69) is 64.2 Å². The van der Waals surface area contributed by atoms with Crippen LogP contribution in [0.2, 0.25) is 0 Å². The lowest BCUT2D eigenvalue weighted by Gasteiger charge is -2.35. The van der Waals surface area contributed by atoms with Gasteiger partial charge in [0.25, 0.3) is 0 Å². The van der Waals surface area contributed by atoms with Gasteiger partial charge in [-0.2, -0.15) is 0 Å². The molecule has 5 heteroatoms. The lowest BCUT2D eigenvalue weighted by atomic mass is 10.2. The maximum Gasteiger partial charge on any atom is 0.208 e. The number of rotatable bonds is 3. The van der Waals surface area contributed by atoms with Gasteiger partial charge in [0.15, 0.2) is 0 Å². The van der Waals surface area contributed by atoms with Gasteiger partial charge in [0.2, 0.25) is 5.13 Å². The molecular weight excluding hydrogens is 268 g/mol. The Morgan fingerprint density at radius 3 is 2.20 bits per heavy atom. The molecule has 1 aromatic heterocycles. The van der Waals surface area contributed by atoms with Gasteiger partial charge in [-0.1, -0.05) is 43.4 Å². The van der Waals surface area contributed by atoms with Crippen LogP contribution in [0.4, 0.5) is 10.8 Å². The molecule has 0 saturated carbocycles. The fraction of sp³-hybridized carbons (Fsp3) is 0.467. The van der Waals surface area contributed by atoms with Crippen LogP contribution in [0.5, 0.6) is 0 Å². The summed E-state index contributed by atoms with van der Waals surface area (Å²) in [6.07, 6.45) is 0. The molecule has 0 radical (unpaired) electrons. The smallest absolute Gasteiger partial charge is 0.208 e. The van der Waals surface area contributed by atoms with Crippen molar-refractivity contribution in [1.29, 1.82) is 0 Å². The number of para-hydroxylation sites is 1. The molecule has 1 aromatic carbocycles. The molecule has 4 nitrogen and oxygen atoms in total. The van der Waals surface area contributed by atoms with E-state index in [-0.39, 0.29) is 0 Å². The van der Waals surface area contributed by atoms with Crippen molar-refractivity contribution in [3.63, 3.8) is 0 Å². The molecule has 0 unspecified atom stereocenters. The number of hydrogen-bond acceptors (Lipinski definition) is 5. The number of anilines is 2. The molecule has 0 spiro atoms. The number of benzene rings is 1. The number of nitrogens with zero attached hydrogens (tertiary/aromatic N) is 4. The summed E-state index contributed by atoms with van der Waals surface area (Å²) in [6.45, 7) is 8.44. The van der Waals surface area contributed by atoms with E-state index in [9.17, 15) is 0 Å². The standard InChI is InChI=1S/C15H20N4S/c1-12(2)14-16-17-15(20-14)19-10-8-18(9-11-19)13-6-4-3-5-7-13/h3-7,12H,8-11H2,1-2H3. The van der Waals surface area contributed by atoms with E-state index in [1.165, 1.54) is 5.69 Å². The highest BCUT2D eigenvalue weighted by Crippen LogP contribution is 2.27. The Hall–Kier alpha value is -1.62. The molecule has 0 atom stereocenters. The summed E-state index contributed by atoms with van der Waals surface area (Å²) in [6, 6.07) is 10.6. The second-order valence-electron chi connectivity index (χ2n) is 5.39. The molecule has 1 aliphatic rings. The largest absolute Gasteiger partial charge is 0.368 e. The van der Waals surface area contributed by atoms with Gasteiger partial charge < -0.3 is 9.80 Å². The highest BCUT2D eigenvalue weighted by atomic mass is 32.1. The molecule has 1 fully saturated rings. The van der Waals surface area contributed by atoms with E-state index in [0.29, 0.717) is 5.92 Å². The zero-order chi connectivity index (χ0) is 13.9. The molecule has 0 aliphatic carbocycles. The van der Waals surface area contributed by atoms with E-state index in [1.54, 1.807) is 11.3 Å². The molecule has 1 aliphatic heterocycles. The van der Waals surface area contributed by atoms with Gasteiger partial charge in [0, 0.05) is 37.8 Å². The van der Waals surface area contributed by atoms with Crippen molar-refractivity contribution in [2.24, 2.45) is 0 Å². The molecule has 2 aromatic rings. The lowest BCUT2D eigenvalue weighted by Crippen LogP contribution is -2.46. The van der Waals surface area contributed by atoms with E-state index in [1.807, 2.05) is 0 Å². The second kappa shape index (κ2) is 5.79. The summed E-state index contributed by atoms with van der Waals surface area (Å²) in [4.78, 5) is 4.78. The van der Waals surface area contributed by atoms with E-state index in [0.717, 1.165) is 36.3 Å². The first-order valence-electron chi connectivity index (χ1n) is 7.12. The van der Waals surface area contributed by atoms with Crippen LogP contribution in [0.25, 0.3) is 0 Å². The van der Waals surface area contributed by atoms with Crippen LogP contribution < -0.4 is 9.80 Å². The summed E-state index contributed by atoms with van der Waals surface area (Å²) >= 11 is 1.73. The SMILES string of the molecule is CC(C)c1nnc(N2CCN(c3ccccc3)CC2)s1. The first kappa shape index (κ1) is 13.4. The van der Waals surface area contributed by atoms with Gasteiger partial charge in [0.1, 0.15) is 5.01 Å². The van der Waals surface area contributed by atoms with Gasteiger partial charge >= 0.3 is 0 Å². The summed E-state index contributed by atoms with van der Waals surface area (Å²) in [5, 5.41) is 10.8. The van der Waals surface area contributed by atoms with Crippen molar-refractivity contribution in [3.05, 3.63) is 35.3 Å². The normalized spacial score (nSPS) is 15.9. The molecule has 3 rings (SSSR count). The zero-order valence-corrected chi connectivity index (χ0v) is 12.8. The van der Waals surface area contributed by atoms with Gasteiger partial charge in [-0.3, -0.25) is 0 Å². The molecule has 0 amide bonds. The van der Waals surface area contributed by atoms with Gasteiger partial charge in [0.05, 0.1) is 0 Å². The fourth-order valence-corrected chi connectivity index (χ4v) is 3.28. The molecular formula is C15H20N4S. The first-order chi connectivity index (χ1) is 9.74. The molecule has 106 valence electrons. The highest BCUT2D eigenvalue weighted by molar-refractivity contribution is 7.15. The predicted octanol–water partition coefficient (Wildman–Crippen LogP) is 2.99. The van der Waals surface area contributed by atoms with Crippen LogP contribution in [0.15, 0.2) is 30.3 Å². The van der Waals surface area contributed by atoms with E-state index < -0.39 is 0 Å². The van der Waals surface area contributed by atoms with Crippen LogP contribution in [-0.2, 0) is 0 Å².